The van der Waals surface area contributed by atoms with Gasteiger partial charge in [-0.2, -0.15) is 0 Å². The molecule has 1 N–H and O–H groups in total. The first kappa shape index (κ1) is 14.3. The largest absolute Gasteiger partial charge is 0.392 e. The third kappa shape index (κ3) is 3.24. The van der Waals surface area contributed by atoms with Crippen LogP contribution >= 0.6 is 0 Å². The highest BCUT2D eigenvalue weighted by Crippen LogP contribution is 2.31. The molecule has 19 heavy (non-hydrogen) atoms. The van der Waals surface area contributed by atoms with E-state index in [4.69, 9.17) is 0 Å². The second-order valence-electron chi connectivity index (χ2n) is 5.49. The van der Waals surface area contributed by atoms with Crippen molar-refractivity contribution in [1.82, 2.24) is 4.98 Å². The van der Waals surface area contributed by atoms with Gasteiger partial charge in [-0.05, 0) is 37.7 Å². The Morgan fingerprint density at radius 1 is 1.37 bits per heavy atom. The van der Waals surface area contributed by atoms with Crippen LogP contribution in [0.1, 0.15) is 44.6 Å². The summed E-state index contributed by atoms with van der Waals surface area (Å²) < 4.78 is 13.1. The molecule has 0 aliphatic heterocycles. The van der Waals surface area contributed by atoms with E-state index in [0.29, 0.717) is 17.4 Å². The van der Waals surface area contributed by atoms with Crippen molar-refractivity contribution in [1.29, 1.82) is 0 Å². The van der Waals surface area contributed by atoms with Crippen molar-refractivity contribution in [3.63, 3.8) is 0 Å². The van der Waals surface area contributed by atoms with Crippen LogP contribution < -0.4 is 4.90 Å². The van der Waals surface area contributed by atoms with Crippen molar-refractivity contribution < 1.29 is 9.50 Å². The molecule has 0 amide bonds. The number of aliphatic hydroxyl groups is 1. The van der Waals surface area contributed by atoms with E-state index >= 15 is 0 Å². The monoisotopic (exact) mass is 266 g/mol. The summed E-state index contributed by atoms with van der Waals surface area (Å²) in [5, 5.41) is 9.34. The molecule has 0 atom stereocenters. The van der Waals surface area contributed by atoms with Crippen molar-refractivity contribution in [2.75, 3.05) is 11.9 Å². The molecule has 0 bridgehead atoms. The van der Waals surface area contributed by atoms with E-state index in [1.807, 2.05) is 7.05 Å². The summed E-state index contributed by atoms with van der Waals surface area (Å²) in [5.41, 5.74) is 0.570. The van der Waals surface area contributed by atoms with E-state index < -0.39 is 5.82 Å². The van der Waals surface area contributed by atoms with Gasteiger partial charge in [-0.3, -0.25) is 0 Å². The van der Waals surface area contributed by atoms with E-state index in [-0.39, 0.29) is 6.61 Å². The highest BCUT2D eigenvalue weighted by molar-refractivity contribution is 5.46. The average Bonchev–Trinajstić information content (AvgIpc) is 2.46. The summed E-state index contributed by atoms with van der Waals surface area (Å²) in [7, 11) is 2.00. The average molecular weight is 266 g/mol. The van der Waals surface area contributed by atoms with Gasteiger partial charge in [-0.1, -0.05) is 13.3 Å². The number of pyridine rings is 1. The topological polar surface area (TPSA) is 36.4 Å². The molecule has 0 radical (unpaired) electrons. The Bertz CT molecular complexity index is 417. The highest BCUT2D eigenvalue weighted by Gasteiger charge is 2.25. The molecule has 0 spiro atoms. The lowest BCUT2D eigenvalue weighted by molar-refractivity contribution is 0.279. The maximum absolute atomic E-state index is 13.1. The van der Waals surface area contributed by atoms with Gasteiger partial charge in [0, 0.05) is 18.7 Å². The van der Waals surface area contributed by atoms with E-state index in [2.05, 4.69) is 16.8 Å². The fourth-order valence-corrected chi connectivity index (χ4v) is 3.02. The molecule has 2 rings (SSSR count). The van der Waals surface area contributed by atoms with Crippen LogP contribution in [-0.4, -0.2) is 23.2 Å². The molecule has 1 aliphatic carbocycles. The van der Waals surface area contributed by atoms with Crippen LogP contribution in [0.3, 0.4) is 0 Å². The van der Waals surface area contributed by atoms with Gasteiger partial charge >= 0.3 is 0 Å². The number of hydrogen-bond acceptors (Lipinski definition) is 3. The quantitative estimate of drug-likeness (QED) is 0.909. The van der Waals surface area contributed by atoms with Crippen LogP contribution in [0.2, 0.25) is 0 Å². The fourth-order valence-electron chi connectivity index (χ4n) is 3.02. The van der Waals surface area contributed by atoms with Crippen molar-refractivity contribution >= 4 is 5.82 Å². The van der Waals surface area contributed by atoms with Gasteiger partial charge in [0.25, 0.3) is 0 Å². The molecule has 1 aliphatic rings. The normalized spacial score (nSPS) is 23.4. The molecular formula is C15H23FN2O. The molecule has 1 aromatic heterocycles. The van der Waals surface area contributed by atoms with Crippen molar-refractivity contribution in [3.8, 4) is 0 Å². The van der Waals surface area contributed by atoms with E-state index in [1.165, 1.54) is 31.5 Å². The van der Waals surface area contributed by atoms with Crippen LogP contribution in [0.4, 0.5) is 10.2 Å². The van der Waals surface area contributed by atoms with Crippen LogP contribution in [0, 0.1) is 11.7 Å². The van der Waals surface area contributed by atoms with Crippen LogP contribution in [-0.2, 0) is 6.61 Å². The lowest BCUT2D eigenvalue weighted by Gasteiger charge is -2.35. The second kappa shape index (κ2) is 6.33. The maximum atomic E-state index is 13.1. The third-order valence-corrected chi connectivity index (χ3v) is 4.36. The Morgan fingerprint density at radius 2 is 2.05 bits per heavy atom. The predicted molar refractivity (Wildman–Crippen MR) is 74.6 cm³/mol. The summed E-state index contributed by atoms with van der Waals surface area (Å²) in [4.78, 5) is 6.26. The molecule has 106 valence electrons. The van der Waals surface area contributed by atoms with E-state index in [9.17, 15) is 9.50 Å². The summed E-state index contributed by atoms with van der Waals surface area (Å²) in [6.45, 7) is 2.08. The first-order valence-corrected chi connectivity index (χ1v) is 7.13. The number of hydrogen-bond donors (Lipinski definition) is 1. The van der Waals surface area contributed by atoms with Gasteiger partial charge in [0.05, 0.1) is 12.8 Å². The SMILES string of the molecule is CCC1CCC(N(C)c2ncc(F)cc2CO)CC1. The van der Waals surface area contributed by atoms with Gasteiger partial charge in [-0.25, -0.2) is 9.37 Å². The summed E-state index contributed by atoms with van der Waals surface area (Å²) in [6.07, 6.45) is 7.29. The number of nitrogens with zero attached hydrogens (tertiary/aromatic N) is 2. The lowest BCUT2D eigenvalue weighted by Crippen LogP contribution is -2.36. The molecule has 0 saturated heterocycles. The van der Waals surface area contributed by atoms with Crippen LogP contribution in [0.25, 0.3) is 0 Å². The second-order valence-corrected chi connectivity index (χ2v) is 5.49. The van der Waals surface area contributed by atoms with Gasteiger partial charge in [0.2, 0.25) is 0 Å². The summed E-state index contributed by atoms with van der Waals surface area (Å²) in [5.74, 6) is 1.17. The predicted octanol–water partition coefficient (Wildman–Crippen LogP) is 3.12. The standard InChI is InChI=1S/C15H23FN2O/c1-3-11-4-6-14(7-5-11)18(2)15-12(10-19)8-13(16)9-17-15/h8-9,11,14,19H,3-7,10H2,1-2H3. The van der Waals surface area contributed by atoms with E-state index in [1.54, 1.807) is 0 Å². The zero-order valence-corrected chi connectivity index (χ0v) is 11.8. The van der Waals surface area contributed by atoms with Gasteiger partial charge in [0.1, 0.15) is 11.6 Å². The fraction of sp³-hybridized carbons (Fsp3) is 0.667. The number of rotatable bonds is 4. The smallest absolute Gasteiger partial charge is 0.142 e. The van der Waals surface area contributed by atoms with Gasteiger partial charge < -0.3 is 10.0 Å². The minimum absolute atomic E-state index is 0.172. The van der Waals surface area contributed by atoms with Gasteiger partial charge in [0.15, 0.2) is 0 Å². The Balaban J connectivity index is 2.09. The molecule has 1 saturated carbocycles. The highest BCUT2D eigenvalue weighted by atomic mass is 19.1. The Kier molecular flexibility index (Phi) is 4.75. The summed E-state index contributed by atoms with van der Waals surface area (Å²) >= 11 is 0. The first-order valence-electron chi connectivity index (χ1n) is 7.13. The van der Waals surface area contributed by atoms with Crippen molar-refractivity contribution in [3.05, 3.63) is 23.6 Å². The zero-order valence-electron chi connectivity index (χ0n) is 11.8. The lowest BCUT2D eigenvalue weighted by atomic mass is 9.84. The molecular weight excluding hydrogens is 243 g/mol. The van der Waals surface area contributed by atoms with Crippen LogP contribution in [0.15, 0.2) is 12.3 Å². The number of aromatic nitrogens is 1. The minimum Gasteiger partial charge on any atom is -0.392 e. The number of aliphatic hydroxyl groups excluding tert-OH is 1. The summed E-state index contributed by atoms with van der Waals surface area (Å²) in [6, 6.07) is 1.82. The maximum Gasteiger partial charge on any atom is 0.142 e. The first-order chi connectivity index (χ1) is 9.15. The molecule has 4 heteroatoms. The van der Waals surface area contributed by atoms with E-state index in [0.717, 1.165) is 18.8 Å². The molecule has 0 unspecified atom stereocenters. The molecule has 1 heterocycles. The van der Waals surface area contributed by atoms with Crippen LogP contribution in [0.5, 0.6) is 0 Å². The van der Waals surface area contributed by atoms with Crippen molar-refractivity contribution in [2.24, 2.45) is 5.92 Å². The number of anilines is 1. The Morgan fingerprint density at radius 3 is 2.63 bits per heavy atom. The zero-order chi connectivity index (χ0) is 13.8. The number of halogens is 1. The molecule has 3 nitrogen and oxygen atoms in total. The Hall–Kier alpha value is -1.16. The molecule has 1 fully saturated rings. The molecule has 1 aromatic rings. The Labute approximate surface area is 114 Å². The minimum atomic E-state index is -0.393. The van der Waals surface area contributed by atoms with Gasteiger partial charge in [-0.15, -0.1) is 0 Å². The third-order valence-electron chi connectivity index (χ3n) is 4.36. The van der Waals surface area contributed by atoms with Crippen molar-refractivity contribution in [2.45, 2.75) is 51.7 Å². The molecule has 0 aromatic carbocycles.